The monoisotopic (exact) mass is 484 g/mol. The minimum absolute atomic E-state index is 0.111. The lowest BCUT2D eigenvalue weighted by molar-refractivity contribution is -0.115. The molecule has 0 aliphatic rings. The third kappa shape index (κ3) is 3.58. The molecule has 2 amide bonds. The Labute approximate surface area is 164 Å². The lowest BCUT2D eigenvalue weighted by Crippen LogP contribution is -2.20. The number of anilines is 1. The Bertz CT molecular complexity index is 987. The van der Waals surface area contributed by atoms with E-state index in [4.69, 9.17) is 21.8 Å². The summed E-state index contributed by atoms with van der Waals surface area (Å²) in [6.45, 7) is 0. The Kier molecular flexibility index (Phi) is 5.17. The predicted molar refractivity (Wildman–Crippen MR) is 104 cm³/mol. The van der Waals surface area contributed by atoms with Gasteiger partial charge in [-0.3, -0.25) is 9.59 Å². The van der Waals surface area contributed by atoms with Crippen LogP contribution in [0.15, 0.2) is 51.4 Å². The Morgan fingerprint density at radius 1 is 1.20 bits per heavy atom. The smallest absolute Gasteiger partial charge is 0.286 e. The second-order valence-corrected chi connectivity index (χ2v) is 7.42. The SMILES string of the molecule is NC(=O)c1oc2ccc(Br)cc2c1NC(=O)C(Br)c1ccccc1Cl. The molecule has 5 nitrogen and oxygen atoms in total. The molecule has 3 rings (SSSR count). The molecule has 0 saturated heterocycles. The zero-order valence-corrected chi connectivity index (χ0v) is 16.5. The molecule has 0 bridgehead atoms. The third-order valence-corrected chi connectivity index (χ3v) is 5.28. The Balaban J connectivity index is 2.00. The number of nitrogens with one attached hydrogen (secondary N) is 1. The minimum atomic E-state index is -0.772. The number of hydrogen-bond donors (Lipinski definition) is 2. The van der Waals surface area contributed by atoms with Crippen LogP contribution in [-0.4, -0.2) is 11.8 Å². The number of rotatable bonds is 4. The summed E-state index contributed by atoms with van der Waals surface area (Å²) < 4.78 is 6.25. The van der Waals surface area contributed by atoms with E-state index in [1.165, 1.54) is 0 Å². The summed E-state index contributed by atoms with van der Waals surface area (Å²) in [5, 5.41) is 3.73. The van der Waals surface area contributed by atoms with E-state index >= 15 is 0 Å². The maximum atomic E-state index is 12.6. The van der Waals surface area contributed by atoms with Gasteiger partial charge < -0.3 is 15.5 Å². The van der Waals surface area contributed by atoms with Gasteiger partial charge in [-0.15, -0.1) is 0 Å². The summed E-state index contributed by atoms with van der Waals surface area (Å²) in [5.74, 6) is -1.29. The van der Waals surface area contributed by atoms with E-state index in [0.717, 1.165) is 4.47 Å². The first-order chi connectivity index (χ1) is 11.9. The van der Waals surface area contributed by atoms with E-state index in [2.05, 4.69) is 37.2 Å². The van der Waals surface area contributed by atoms with Gasteiger partial charge in [0.25, 0.3) is 5.91 Å². The van der Waals surface area contributed by atoms with Gasteiger partial charge in [0.05, 0.1) is 0 Å². The van der Waals surface area contributed by atoms with Gasteiger partial charge in [0.15, 0.2) is 0 Å². The molecule has 0 aliphatic heterocycles. The van der Waals surface area contributed by atoms with Crippen LogP contribution < -0.4 is 11.1 Å². The molecule has 8 heteroatoms. The molecule has 1 heterocycles. The van der Waals surface area contributed by atoms with Crippen molar-refractivity contribution in [1.29, 1.82) is 0 Å². The molecular formula is C17H11Br2ClN2O3. The number of furan rings is 1. The Morgan fingerprint density at radius 3 is 2.60 bits per heavy atom. The average Bonchev–Trinajstić information content (AvgIpc) is 2.93. The number of nitrogens with two attached hydrogens (primary N) is 1. The van der Waals surface area contributed by atoms with E-state index in [1.807, 2.05) is 0 Å². The fourth-order valence-electron chi connectivity index (χ4n) is 2.38. The van der Waals surface area contributed by atoms with Crippen molar-refractivity contribution in [2.45, 2.75) is 4.83 Å². The van der Waals surface area contributed by atoms with E-state index in [9.17, 15) is 9.59 Å². The van der Waals surface area contributed by atoms with Gasteiger partial charge in [0, 0.05) is 14.9 Å². The summed E-state index contributed by atoms with van der Waals surface area (Å²) in [7, 11) is 0. The molecule has 2 aromatic carbocycles. The van der Waals surface area contributed by atoms with Crippen LogP contribution >= 0.6 is 43.5 Å². The normalized spacial score (nSPS) is 12.1. The largest absolute Gasteiger partial charge is 0.449 e. The van der Waals surface area contributed by atoms with Gasteiger partial charge in [0.1, 0.15) is 16.1 Å². The lowest BCUT2D eigenvalue weighted by Gasteiger charge is -2.12. The molecule has 1 atom stereocenters. The van der Waals surface area contributed by atoms with Crippen molar-refractivity contribution in [2.75, 3.05) is 5.32 Å². The highest BCUT2D eigenvalue weighted by molar-refractivity contribution is 9.10. The van der Waals surface area contributed by atoms with Crippen molar-refractivity contribution >= 4 is 71.9 Å². The summed E-state index contributed by atoms with van der Waals surface area (Å²) >= 11 is 12.8. The van der Waals surface area contributed by atoms with Crippen molar-refractivity contribution in [3.63, 3.8) is 0 Å². The van der Waals surface area contributed by atoms with Crippen LogP contribution in [0.3, 0.4) is 0 Å². The van der Waals surface area contributed by atoms with Gasteiger partial charge in [-0.1, -0.05) is 61.7 Å². The number of hydrogen-bond acceptors (Lipinski definition) is 3. The second-order valence-electron chi connectivity index (χ2n) is 5.18. The fraction of sp³-hybridized carbons (Fsp3) is 0.0588. The van der Waals surface area contributed by atoms with Crippen LogP contribution in [-0.2, 0) is 4.79 Å². The van der Waals surface area contributed by atoms with E-state index < -0.39 is 16.6 Å². The average molecular weight is 487 g/mol. The molecule has 0 fully saturated rings. The van der Waals surface area contributed by atoms with E-state index in [0.29, 0.717) is 21.6 Å². The Hall–Kier alpha value is -1.83. The topological polar surface area (TPSA) is 85.3 Å². The molecule has 25 heavy (non-hydrogen) atoms. The maximum Gasteiger partial charge on any atom is 0.286 e. The lowest BCUT2D eigenvalue weighted by atomic mass is 10.1. The number of carbonyl (C=O) groups is 2. The zero-order chi connectivity index (χ0) is 18.1. The first-order valence-corrected chi connectivity index (χ1v) is 9.18. The molecule has 0 spiro atoms. The maximum absolute atomic E-state index is 12.6. The highest BCUT2D eigenvalue weighted by atomic mass is 79.9. The van der Waals surface area contributed by atoms with Crippen LogP contribution in [0.1, 0.15) is 20.9 Å². The van der Waals surface area contributed by atoms with Crippen molar-refractivity contribution in [3.8, 4) is 0 Å². The number of amides is 2. The first-order valence-electron chi connectivity index (χ1n) is 7.09. The first kappa shape index (κ1) is 18.0. The van der Waals surface area contributed by atoms with Crippen LogP contribution in [0.5, 0.6) is 0 Å². The van der Waals surface area contributed by atoms with Crippen molar-refractivity contribution in [3.05, 3.63) is 63.3 Å². The number of primary amides is 1. The number of carbonyl (C=O) groups excluding carboxylic acids is 2. The second kappa shape index (κ2) is 7.19. The molecule has 0 radical (unpaired) electrons. The molecule has 1 aromatic heterocycles. The van der Waals surface area contributed by atoms with Gasteiger partial charge in [-0.25, -0.2) is 0 Å². The molecule has 3 N–H and O–H groups in total. The van der Waals surface area contributed by atoms with Crippen molar-refractivity contribution < 1.29 is 14.0 Å². The molecule has 128 valence electrons. The highest BCUT2D eigenvalue weighted by Gasteiger charge is 2.25. The quantitative estimate of drug-likeness (QED) is 0.508. The number of alkyl halides is 1. The summed E-state index contributed by atoms with van der Waals surface area (Å²) in [4.78, 5) is 23.6. The molecule has 0 saturated carbocycles. The van der Waals surface area contributed by atoms with Crippen molar-refractivity contribution in [1.82, 2.24) is 0 Å². The zero-order valence-electron chi connectivity index (χ0n) is 12.6. The standard InChI is InChI=1S/C17H11Br2ClN2O3/c18-8-5-6-12-10(7-8)14(15(25-12)16(21)23)22-17(24)13(19)9-3-1-2-4-11(9)20/h1-7,13H,(H2,21,23)(H,22,24). The summed E-state index contributed by atoms with van der Waals surface area (Å²) in [6, 6.07) is 12.2. The van der Waals surface area contributed by atoms with E-state index in [1.54, 1.807) is 42.5 Å². The van der Waals surface area contributed by atoms with Gasteiger partial charge >= 0.3 is 0 Å². The number of fused-ring (bicyclic) bond motifs is 1. The minimum Gasteiger partial charge on any atom is -0.449 e. The summed E-state index contributed by atoms with van der Waals surface area (Å²) in [6.07, 6.45) is 0. The molecule has 0 aliphatic carbocycles. The Morgan fingerprint density at radius 2 is 1.92 bits per heavy atom. The van der Waals surface area contributed by atoms with Crippen LogP contribution in [0.2, 0.25) is 5.02 Å². The molecule has 3 aromatic rings. The number of benzene rings is 2. The molecule has 1 unspecified atom stereocenters. The van der Waals surface area contributed by atoms with Gasteiger partial charge in [0.2, 0.25) is 11.7 Å². The summed E-state index contributed by atoms with van der Waals surface area (Å²) in [5.41, 5.74) is 6.65. The molecular weight excluding hydrogens is 475 g/mol. The predicted octanol–water partition coefficient (Wildman–Crippen LogP) is 5.02. The van der Waals surface area contributed by atoms with Gasteiger partial charge in [-0.2, -0.15) is 0 Å². The number of halogens is 3. The van der Waals surface area contributed by atoms with Gasteiger partial charge in [-0.05, 0) is 29.8 Å². The highest BCUT2D eigenvalue weighted by Crippen LogP contribution is 2.35. The van der Waals surface area contributed by atoms with E-state index in [-0.39, 0.29) is 11.4 Å². The fourth-order valence-corrected chi connectivity index (χ4v) is 3.63. The van der Waals surface area contributed by atoms with Crippen LogP contribution in [0.25, 0.3) is 11.0 Å². The third-order valence-electron chi connectivity index (χ3n) is 3.53. The van der Waals surface area contributed by atoms with Crippen LogP contribution in [0, 0.1) is 0 Å². The van der Waals surface area contributed by atoms with Crippen molar-refractivity contribution in [2.24, 2.45) is 5.73 Å². The van der Waals surface area contributed by atoms with Crippen LogP contribution in [0.4, 0.5) is 5.69 Å².